The zero-order valence-electron chi connectivity index (χ0n) is 10.9. The number of aliphatic carboxylic acids is 1. The Bertz CT molecular complexity index is 217. The van der Waals surface area contributed by atoms with E-state index < -0.39 is 5.97 Å². The molecule has 0 amide bonds. The van der Waals surface area contributed by atoms with Gasteiger partial charge in [-0.1, -0.05) is 19.4 Å². The number of ether oxygens (including phenoxy) is 1. The van der Waals surface area contributed by atoms with Crippen molar-refractivity contribution in [3.63, 3.8) is 0 Å². The van der Waals surface area contributed by atoms with Crippen LogP contribution in [0, 0.1) is 5.92 Å². The molecule has 4 heteroatoms. The maximum absolute atomic E-state index is 11.0. The minimum absolute atomic E-state index is 0.332. The molecule has 0 saturated carbocycles. The van der Waals surface area contributed by atoms with E-state index in [0.717, 1.165) is 25.9 Å². The molecule has 0 heterocycles. The zero-order chi connectivity index (χ0) is 12.9. The molecule has 1 unspecified atom stereocenters. The highest BCUT2D eigenvalue weighted by Gasteiger charge is 2.15. The van der Waals surface area contributed by atoms with Crippen molar-refractivity contribution >= 4 is 5.97 Å². The molecule has 0 aromatic heterocycles. The molecule has 0 aliphatic rings. The van der Waals surface area contributed by atoms with Crippen molar-refractivity contribution < 1.29 is 14.6 Å². The fourth-order valence-corrected chi connectivity index (χ4v) is 1.42. The summed E-state index contributed by atoms with van der Waals surface area (Å²) in [5, 5.41) is 12.0. The second-order valence-corrected chi connectivity index (χ2v) is 4.05. The van der Waals surface area contributed by atoms with Gasteiger partial charge in [-0.3, -0.25) is 4.79 Å². The smallest absolute Gasteiger partial charge is 0.308 e. The maximum Gasteiger partial charge on any atom is 0.308 e. The number of carbonyl (C=O) groups is 1. The highest BCUT2D eigenvalue weighted by atomic mass is 16.5. The molecule has 17 heavy (non-hydrogen) atoms. The first kappa shape index (κ1) is 16.0. The van der Waals surface area contributed by atoms with E-state index in [-0.39, 0.29) is 5.92 Å². The van der Waals surface area contributed by atoms with Crippen LogP contribution < -0.4 is 5.32 Å². The van der Waals surface area contributed by atoms with Gasteiger partial charge in [-0.15, -0.1) is 0 Å². The van der Waals surface area contributed by atoms with Gasteiger partial charge in [0.2, 0.25) is 0 Å². The van der Waals surface area contributed by atoms with E-state index in [1.165, 1.54) is 0 Å². The predicted molar refractivity (Wildman–Crippen MR) is 68.9 cm³/mol. The third-order valence-corrected chi connectivity index (χ3v) is 2.48. The Labute approximate surface area is 104 Å². The third kappa shape index (κ3) is 9.87. The van der Waals surface area contributed by atoms with Crippen LogP contribution in [0.4, 0.5) is 0 Å². The standard InChI is InChI=1S/C13H25NO3/c1-3-5-9-17-10-6-7-12(13(15)16)11-14-8-4-2/h4,8,12,14H,3,5-7,9-11H2,1-2H3,(H,15,16)/b8-4-. The summed E-state index contributed by atoms with van der Waals surface area (Å²) in [6, 6.07) is 0. The topological polar surface area (TPSA) is 58.6 Å². The van der Waals surface area contributed by atoms with Gasteiger partial charge < -0.3 is 15.2 Å². The fourth-order valence-electron chi connectivity index (χ4n) is 1.42. The molecule has 0 rings (SSSR count). The van der Waals surface area contributed by atoms with Gasteiger partial charge in [0.1, 0.15) is 0 Å². The lowest BCUT2D eigenvalue weighted by molar-refractivity contribution is -0.141. The molecule has 0 spiro atoms. The molecule has 0 aliphatic heterocycles. The number of carboxylic acid groups (broad SMARTS) is 1. The average Bonchev–Trinajstić information content (AvgIpc) is 2.31. The molecule has 0 radical (unpaired) electrons. The van der Waals surface area contributed by atoms with Crippen molar-refractivity contribution in [2.24, 2.45) is 5.92 Å². The van der Waals surface area contributed by atoms with Crippen LogP contribution in [0.25, 0.3) is 0 Å². The van der Waals surface area contributed by atoms with Crippen LogP contribution in [0.3, 0.4) is 0 Å². The molecule has 1 atom stereocenters. The Morgan fingerprint density at radius 1 is 1.41 bits per heavy atom. The van der Waals surface area contributed by atoms with Gasteiger partial charge in [-0.05, 0) is 32.4 Å². The first-order chi connectivity index (χ1) is 8.22. The van der Waals surface area contributed by atoms with Crippen LogP contribution in [0.5, 0.6) is 0 Å². The van der Waals surface area contributed by atoms with Gasteiger partial charge in [-0.2, -0.15) is 0 Å². The summed E-state index contributed by atoms with van der Waals surface area (Å²) in [4.78, 5) is 11.0. The van der Waals surface area contributed by atoms with Crippen molar-refractivity contribution in [1.82, 2.24) is 5.32 Å². The van der Waals surface area contributed by atoms with Crippen LogP contribution in [-0.2, 0) is 9.53 Å². The van der Waals surface area contributed by atoms with Crippen LogP contribution in [-0.4, -0.2) is 30.8 Å². The Hall–Kier alpha value is -1.03. The van der Waals surface area contributed by atoms with E-state index in [1.807, 2.05) is 13.0 Å². The van der Waals surface area contributed by atoms with Crippen molar-refractivity contribution in [2.45, 2.75) is 39.5 Å². The number of hydrogen-bond donors (Lipinski definition) is 2. The summed E-state index contributed by atoms with van der Waals surface area (Å²) in [6.07, 6.45) is 7.29. The molecular weight excluding hydrogens is 218 g/mol. The monoisotopic (exact) mass is 243 g/mol. The third-order valence-electron chi connectivity index (χ3n) is 2.48. The molecule has 100 valence electrons. The van der Waals surface area contributed by atoms with E-state index in [2.05, 4.69) is 12.2 Å². The van der Waals surface area contributed by atoms with Crippen LogP contribution in [0.2, 0.25) is 0 Å². The van der Waals surface area contributed by atoms with E-state index in [1.54, 1.807) is 6.20 Å². The predicted octanol–water partition coefficient (Wildman–Crippen LogP) is 2.41. The molecular formula is C13H25NO3. The van der Waals surface area contributed by atoms with E-state index in [4.69, 9.17) is 9.84 Å². The van der Waals surface area contributed by atoms with Crippen LogP contribution in [0.1, 0.15) is 39.5 Å². The number of allylic oxidation sites excluding steroid dienone is 1. The molecule has 0 saturated heterocycles. The van der Waals surface area contributed by atoms with E-state index in [0.29, 0.717) is 19.6 Å². The summed E-state index contributed by atoms with van der Waals surface area (Å²) < 4.78 is 5.40. The molecule has 0 aliphatic carbocycles. The SMILES string of the molecule is C/C=C\NCC(CCCOCCCC)C(=O)O. The minimum atomic E-state index is -0.740. The Morgan fingerprint density at radius 2 is 2.12 bits per heavy atom. The summed E-state index contributed by atoms with van der Waals surface area (Å²) in [6.45, 7) is 5.94. The number of rotatable bonds is 11. The van der Waals surface area contributed by atoms with Gasteiger partial charge in [0.05, 0.1) is 5.92 Å². The lowest BCUT2D eigenvalue weighted by Crippen LogP contribution is -2.25. The fraction of sp³-hybridized carbons (Fsp3) is 0.769. The van der Waals surface area contributed by atoms with Gasteiger partial charge in [-0.25, -0.2) is 0 Å². The second kappa shape index (κ2) is 11.5. The average molecular weight is 243 g/mol. The van der Waals surface area contributed by atoms with Crippen molar-refractivity contribution in [2.75, 3.05) is 19.8 Å². The minimum Gasteiger partial charge on any atom is -0.481 e. The molecule has 0 aromatic carbocycles. The summed E-state index contributed by atoms with van der Waals surface area (Å²) >= 11 is 0. The van der Waals surface area contributed by atoms with Crippen LogP contribution in [0.15, 0.2) is 12.3 Å². The van der Waals surface area contributed by atoms with Gasteiger partial charge in [0, 0.05) is 19.8 Å². The first-order valence-corrected chi connectivity index (χ1v) is 6.37. The molecule has 0 aromatic rings. The largest absolute Gasteiger partial charge is 0.481 e. The Balaban J connectivity index is 3.59. The second-order valence-electron chi connectivity index (χ2n) is 4.05. The molecule has 0 fully saturated rings. The quantitative estimate of drug-likeness (QED) is 0.547. The highest BCUT2D eigenvalue weighted by molar-refractivity contribution is 5.70. The number of nitrogens with one attached hydrogen (secondary N) is 1. The van der Waals surface area contributed by atoms with E-state index >= 15 is 0 Å². The summed E-state index contributed by atoms with van der Waals surface area (Å²) in [5.41, 5.74) is 0. The molecule has 2 N–H and O–H groups in total. The summed E-state index contributed by atoms with van der Waals surface area (Å²) in [7, 11) is 0. The van der Waals surface area contributed by atoms with Crippen molar-refractivity contribution in [1.29, 1.82) is 0 Å². The highest BCUT2D eigenvalue weighted by Crippen LogP contribution is 2.06. The Morgan fingerprint density at radius 3 is 2.71 bits per heavy atom. The number of unbranched alkanes of at least 4 members (excludes halogenated alkanes) is 1. The van der Waals surface area contributed by atoms with E-state index in [9.17, 15) is 4.79 Å². The molecule has 0 bridgehead atoms. The molecule has 4 nitrogen and oxygen atoms in total. The van der Waals surface area contributed by atoms with Crippen molar-refractivity contribution in [3.05, 3.63) is 12.3 Å². The van der Waals surface area contributed by atoms with Gasteiger partial charge >= 0.3 is 5.97 Å². The lowest BCUT2D eigenvalue weighted by atomic mass is 10.0. The summed E-state index contributed by atoms with van der Waals surface area (Å²) in [5.74, 6) is -1.07. The first-order valence-electron chi connectivity index (χ1n) is 6.37. The maximum atomic E-state index is 11.0. The number of carboxylic acids is 1. The lowest BCUT2D eigenvalue weighted by Gasteiger charge is -2.12. The van der Waals surface area contributed by atoms with Crippen molar-refractivity contribution in [3.8, 4) is 0 Å². The van der Waals surface area contributed by atoms with Gasteiger partial charge in [0.15, 0.2) is 0 Å². The normalized spacial score (nSPS) is 12.8. The zero-order valence-corrected chi connectivity index (χ0v) is 10.9. The number of hydrogen-bond acceptors (Lipinski definition) is 3. The van der Waals surface area contributed by atoms with Crippen LogP contribution >= 0.6 is 0 Å². The van der Waals surface area contributed by atoms with Gasteiger partial charge in [0.25, 0.3) is 0 Å². The Kier molecular flexibility index (Phi) is 10.8.